The molecule has 0 amide bonds. The van der Waals surface area contributed by atoms with Crippen LogP contribution in [-0.2, 0) is 11.3 Å². The van der Waals surface area contributed by atoms with Gasteiger partial charge in [-0.3, -0.25) is 4.90 Å². The standard InChI is InChI=1S/C26H30N2O2/c29-26(19-27-15-17-28(18-16-27)25-9-5-2-6-10-25)21-30-20-22-11-13-24(14-12-22)23-7-3-1-4-8-23/h1-14,26,29H,15-21H2. The van der Waals surface area contributed by atoms with Crippen LogP contribution in [0.2, 0.25) is 0 Å². The van der Waals surface area contributed by atoms with Gasteiger partial charge >= 0.3 is 0 Å². The summed E-state index contributed by atoms with van der Waals surface area (Å²) in [6.07, 6.45) is -0.461. The Kier molecular flexibility index (Phi) is 7.14. The molecular weight excluding hydrogens is 372 g/mol. The number of nitrogens with zero attached hydrogens (tertiary/aromatic N) is 2. The lowest BCUT2D eigenvalue weighted by Gasteiger charge is -2.36. The predicted octanol–water partition coefficient (Wildman–Crippen LogP) is 4.05. The van der Waals surface area contributed by atoms with Crippen LogP contribution < -0.4 is 4.90 Å². The van der Waals surface area contributed by atoms with E-state index in [0.717, 1.165) is 31.7 Å². The second-order valence-electron chi connectivity index (χ2n) is 7.86. The molecule has 1 N–H and O–H groups in total. The van der Waals surface area contributed by atoms with Crippen molar-refractivity contribution >= 4 is 5.69 Å². The molecule has 4 nitrogen and oxygen atoms in total. The summed E-state index contributed by atoms with van der Waals surface area (Å²) in [5.74, 6) is 0. The Morgan fingerprint density at radius 1 is 0.733 bits per heavy atom. The number of piperazine rings is 1. The summed E-state index contributed by atoms with van der Waals surface area (Å²) in [5.41, 5.74) is 4.82. The molecule has 1 atom stereocenters. The van der Waals surface area contributed by atoms with Gasteiger partial charge in [0, 0.05) is 38.4 Å². The first-order valence-corrected chi connectivity index (χ1v) is 10.7. The van der Waals surface area contributed by atoms with Crippen molar-refractivity contribution in [2.75, 3.05) is 44.2 Å². The zero-order chi connectivity index (χ0) is 20.6. The molecule has 1 fully saturated rings. The number of para-hydroxylation sites is 1. The molecule has 1 unspecified atom stereocenters. The van der Waals surface area contributed by atoms with Crippen LogP contribution in [0.3, 0.4) is 0 Å². The minimum absolute atomic E-state index is 0.360. The number of ether oxygens (including phenoxy) is 1. The van der Waals surface area contributed by atoms with E-state index in [0.29, 0.717) is 19.8 Å². The van der Waals surface area contributed by atoms with E-state index >= 15 is 0 Å². The number of benzene rings is 3. The summed E-state index contributed by atoms with van der Waals surface area (Å²) in [6, 6.07) is 29.3. The second kappa shape index (κ2) is 10.4. The molecule has 1 aliphatic heterocycles. The molecule has 0 bridgehead atoms. The topological polar surface area (TPSA) is 35.9 Å². The van der Waals surface area contributed by atoms with Crippen molar-refractivity contribution in [3.63, 3.8) is 0 Å². The Morgan fingerprint density at radius 2 is 1.33 bits per heavy atom. The van der Waals surface area contributed by atoms with Crippen molar-refractivity contribution in [3.05, 3.63) is 90.5 Å². The Labute approximate surface area is 179 Å². The summed E-state index contributed by atoms with van der Waals surface area (Å²) in [4.78, 5) is 4.72. The van der Waals surface area contributed by atoms with Crippen LogP contribution in [0.5, 0.6) is 0 Å². The first-order chi connectivity index (χ1) is 14.8. The molecule has 0 saturated carbocycles. The molecular formula is C26H30N2O2. The smallest absolute Gasteiger partial charge is 0.0900 e. The Hall–Kier alpha value is -2.66. The highest BCUT2D eigenvalue weighted by atomic mass is 16.5. The molecule has 156 valence electrons. The minimum Gasteiger partial charge on any atom is -0.389 e. The van der Waals surface area contributed by atoms with Crippen molar-refractivity contribution in [3.8, 4) is 11.1 Å². The summed E-state index contributed by atoms with van der Waals surface area (Å²) in [5, 5.41) is 10.4. The van der Waals surface area contributed by atoms with E-state index in [1.165, 1.54) is 16.8 Å². The van der Waals surface area contributed by atoms with Gasteiger partial charge in [0.15, 0.2) is 0 Å². The van der Waals surface area contributed by atoms with Gasteiger partial charge in [0.1, 0.15) is 0 Å². The molecule has 0 radical (unpaired) electrons. The number of hydrogen-bond acceptors (Lipinski definition) is 4. The lowest BCUT2D eigenvalue weighted by atomic mass is 10.0. The highest BCUT2D eigenvalue weighted by Crippen LogP contribution is 2.19. The first-order valence-electron chi connectivity index (χ1n) is 10.7. The van der Waals surface area contributed by atoms with Crippen molar-refractivity contribution in [2.45, 2.75) is 12.7 Å². The van der Waals surface area contributed by atoms with Gasteiger partial charge < -0.3 is 14.7 Å². The van der Waals surface area contributed by atoms with Gasteiger partial charge in [0.25, 0.3) is 0 Å². The van der Waals surface area contributed by atoms with Crippen molar-refractivity contribution in [2.24, 2.45) is 0 Å². The monoisotopic (exact) mass is 402 g/mol. The van der Waals surface area contributed by atoms with Crippen LogP contribution in [0.1, 0.15) is 5.56 Å². The maximum atomic E-state index is 10.4. The first kappa shape index (κ1) is 20.6. The normalized spacial score (nSPS) is 15.8. The van der Waals surface area contributed by atoms with Crippen LogP contribution in [0.25, 0.3) is 11.1 Å². The van der Waals surface area contributed by atoms with E-state index in [1.54, 1.807) is 0 Å². The van der Waals surface area contributed by atoms with Gasteiger partial charge in [-0.2, -0.15) is 0 Å². The zero-order valence-electron chi connectivity index (χ0n) is 17.4. The molecule has 4 rings (SSSR count). The number of aliphatic hydroxyl groups is 1. The molecule has 1 heterocycles. The fourth-order valence-electron chi connectivity index (χ4n) is 3.92. The second-order valence-corrected chi connectivity index (χ2v) is 7.86. The molecule has 0 aliphatic carbocycles. The third-order valence-electron chi connectivity index (χ3n) is 5.60. The molecule has 1 saturated heterocycles. The lowest BCUT2D eigenvalue weighted by Crippen LogP contribution is -2.49. The fraction of sp³-hybridized carbons (Fsp3) is 0.308. The number of anilines is 1. The Bertz CT molecular complexity index is 876. The van der Waals surface area contributed by atoms with E-state index in [4.69, 9.17) is 4.74 Å². The van der Waals surface area contributed by atoms with Crippen molar-refractivity contribution < 1.29 is 9.84 Å². The van der Waals surface area contributed by atoms with Gasteiger partial charge in [0.05, 0.1) is 19.3 Å². The van der Waals surface area contributed by atoms with Crippen molar-refractivity contribution in [1.82, 2.24) is 4.90 Å². The van der Waals surface area contributed by atoms with E-state index in [1.807, 2.05) is 12.1 Å². The fourth-order valence-corrected chi connectivity index (χ4v) is 3.92. The molecule has 4 heteroatoms. The van der Waals surface area contributed by atoms with Gasteiger partial charge in [-0.05, 0) is 28.8 Å². The lowest BCUT2D eigenvalue weighted by molar-refractivity contribution is 0.00914. The third-order valence-corrected chi connectivity index (χ3v) is 5.60. The largest absolute Gasteiger partial charge is 0.389 e. The van der Waals surface area contributed by atoms with Crippen LogP contribution in [0, 0.1) is 0 Å². The molecule has 0 spiro atoms. The maximum absolute atomic E-state index is 10.4. The quantitative estimate of drug-likeness (QED) is 0.617. The number of β-amino-alcohol motifs (C(OH)–C–C–N with tert-alkyl or cyclic N) is 1. The van der Waals surface area contributed by atoms with E-state index < -0.39 is 6.10 Å². The molecule has 3 aromatic carbocycles. The highest BCUT2D eigenvalue weighted by Gasteiger charge is 2.19. The van der Waals surface area contributed by atoms with Crippen LogP contribution in [0.4, 0.5) is 5.69 Å². The van der Waals surface area contributed by atoms with E-state index in [9.17, 15) is 5.11 Å². The minimum atomic E-state index is -0.461. The Morgan fingerprint density at radius 3 is 2.00 bits per heavy atom. The van der Waals surface area contributed by atoms with E-state index in [2.05, 4.69) is 82.6 Å². The summed E-state index contributed by atoms with van der Waals surface area (Å²) in [6.45, 7) is 5.46. The van der Waals surface area contributed by atoms with Gasteiger partial charge in [-0.25, -0.2) is 0 Å². The summed E-state index contributed by atoms with van der Waals surface area (Å²) in [7, 11) is 0. The number of aliphatic hydroxyl groups excluding tert-OH is 1. The Balaban J connectivity index is 1.16. The van der Waals surface area contributed by atoms with Gasteiger partial charge in [-0.15, -0.1) is 0 Å². The van der Waals surface area contributed by atoms with Crippen LogP contribution >= 0.6 is 0 Å². The molecule has 1 aliphatic rings. The van der Waals surface area contributed by atoms with Crippen molar-refractivity contribution in [1.29, 1.82) is 0 Å². The van der Waals surface area contributed by atoms with Gasteiger partial charge in [0.2, 0.25) is 0 Å². The predicted molar refractivity (Wildman–Crippen MR) is 123 cm³/mol. The number of hydrogen-bond donors (Lipinski definition) is 1. The van der Waals surface area contributed by atoms with Crippen LogP contribution in [0.15, 0.2) is 84.9 Å². The zero-order valence-corrected chi connectivity index (χ0v) is 17.4. The average Bonchev–Trinajstić information content (AvgIpc) is 2.81. The summed E-state index contributed by atoms with van der Waals surface area (Å²) < 4.78 is 5.77. The number of rotatable bonds is 8. The maximum Gasteiger partial charge on any atom is 0.0900 e. The van der Waals surface area contributed by atoms with E-state index in [-0.39, 0.29) is 0 Å². The SMILES string of the molecule is OC(COCc1ccc(-c2ccccc2)cc1)CN1CCN(c2ccccc2)CC1. The molecule has 3 aromatic rings. The summed E-state index contributed by atoms with van der Waals surface area (Å²) >= 11 is 0. The molecule has 0 aromatic heterocycles. The van der Waals surface area contributed by atoms with Crippen LogP contribution in [-0.4, -0.2) is 55.4 Å². The highest BCUT2D eigenvalue weighted by molar-refractivity contribution is 5.63. The average molecular weight is 403 g/mol. The van der Waals surface area contributed by atoms with Gasteiger partial charge in [-0.1, -0.05) is 72.8 Å². The third kappa shape index (κ3) is 5.70. The molecule has 30 heavy (non-hydrogen) atoms.